The van der Waals surface area contributed by atoms with Gasteiger partial charge >= 0.3 is 0 Å². The van der Waals surface area contributed by atoms with Crippen LogP contribution in [0, 0.1) is 0 Å². The van der Waals surface area contributed by atoms with Crippen LogP contribution in [0.25, 0.3) is 256 Å². The molecule has 26 aromatic rings. The molecule has 0 aliphatic rings. The number of nitrogens with zero attached hydrogens (tertiary/aromatic N) is 6. The molecule has 0 N–H and O–H groups in total. The Kier molecular flexibility index (Phi) is 23.7. The van der Waals surface area contributed by atoms with E-state index in [1.807, 2.05) is 0 Å². The van der Waals surface area contributed by atoms with Crippen molar-refractivity contribution < 1.29 is 0 Å². The molecule has 0 bridgehead atoms. The Hall–Kier alpha value is -19.4. The van der Waals surface area contributed by atoms with E-state index in [-0.39, 0.29) is 0 Å². The van der Waals surface area contributed by atoms with Crippen LogP contribution in [-0.4, -0.2) is 29.1 Å². The minimum absolute atomic E-state index is 0.662. The van der Waals surface area contributed by atoms with E-state index in [4.69, 9.17) is 19.9 Å². The van der Waals surface area contributed by atoms with Crippen molar-refractivity contribution in [3.8, 4) is 213 Å². The number of benzene rings is 22. The molecule has 0 unspecified atom stereocenters. The van der Waals surface area contributed by atoms with Gasteiger partial charge in [0, 0.05) is 66.3 Å². The molecular weight excluding hydrogens is 1770 g/mol. The van der Waals surface area contributed by atoms with Crippen LogP contribution in [0.3, 0.4) is 0 Å². The molecule has 22 aromatic carbocycles. The van der Waals surface area contributed by atoms with Crippen molar-refractivity contribution in [2.75, 3.05) is 0 Å². The van der Waals surface area contributed by atoms with Crippen LogP contribution in [0.4, 0.5) is 0 Å². The van der Waals surface area contributed by atoms with Gasteiger partial charge in [0.05, 0.1) is 44.8 Å². The maximum absolute atomic E-state index is 5.40. The summed E-state index contributed by atoms with van der Waals surface area (Å²) in [6.07, 6.45) is 0. The summed E-state index contributed by atoms with van der Waals surface area (Å²) in [5.74, 6) is 1.33. The molecule has 0 saturated carbocycles. The maximum atomic E-state index is 5.40. The first-order valence-corrected chi connectivity index (χ1v) is 49.7. The van der Waals surface area contributed by atoms with Crippen LogP contribution in [-0.2, 0) is 0 Å². The lowest BCUT2D eigenvalue weighted by Crippen LogP contribution is -1.98. The fourth-order valence-corrected chi connectivity index (χ4v) is 20.6. The zero-order valence-corrected chi connectivity index (χ0v) is 80.0. The van der Waals surface area contributed by atoms with E-state index in [9.17, 15) is 0 Å². The van der Waals surface area contributed by atoms with Crippen LogP contribution >= 0.6 is 0 Å². The Morgan fingerprint density at radius 1 is 0.103 bits per heavy atom. The van der Waals surface area contributed by atoms with Gasteiger partial charge in [0.2, 0.25) is 0 Å². The van der Waals surface area contributed by atoms with Gasteiger partial charge in [-0.15, -0.1) is 0 Å². The molecule has 0 aliphatic heterocycles. The number of hydrogen-bond donors (Lipinski definition) is 0. The molecule has 0 fully saturated rings. The molecule has 4 aromatic heterocycles. The second-order valence-electron chi connectivity index (χ2n) is 37.2. The van der Waals surface area contributed by atoms with Gasteiger partial charge in [-0.3, -0.25) is 0 Å². The SMILES string of the molecule is c1ccc(-c2cccc(-c3cccc(-c4ccc(-c5cccc(-c6cc(-c7cccc(-c8cccc(-c9ccccc9)c8)c7)nc(-c7cccc(-n8c9ccccc9c9ccccc98)c7)n6)c5)cc4)c3)c2)cc1.c1ccc(-c2cccc(-c3cccc(-c4ccc(-c5cccc(-c6cc(-c7cccc(-n8c9ccccc9c9ccccc98)c7)nc(-c7cccc(-c8cccc(-c9ccccc9)c8)c7)n6)c5)cc4)c3)c2)cc1. The van der Waals surface area contributed by atoms with E-state index >= 15 is 0 Å². The summed E-state index contributed by atoms with van der Waals surface area (Å²) >= 11 is 0. The summed E-state index contributed by atoms with van der Waals surface area (Å²) in [7, 11) is 0. The average molecular weight is 1860 g/mol. The largest absolute Gasteiger partial charge is 0.309 e. The third-order valence-electron chi connectivity index (χ3n) is 28.0. The lowest BCUT2D eigenvalue weighted by molar-refractivity contribution is 1.16. The maximum Gasteiger partial charge on any atom is 0.160 e. The van der Waals surface area contributed by atoms with Crippen LogP contribution in [0.5, 0.6) is 0 Å². The lowest BCUT2D eigenvalue weighted by atomic mass is 9.95. The van der Waals surface area contributed by atoms with Crippen molar-refractivity contribution in [3.63, 3.8) is 0 Å². The van der Waals surface area contributed by atoms with Gasteiger partial charge in [0.15, 0.2) is 11.6 Å². The van der Waals surface area contributed by atoms with E-state index in [1.54, 1.807) is 0 Å². The number of rotatable bonds is 20. The van der Waals surface area contributed by atoms with Crippen LogP contribution in [0.15, 0.2) is 570 Å². The first-order valence-electron chi connectivity index (χ1n) is 49.7. The molecule has 6 nitrogen and oxygen atoms in total. The first-order chi connectivity index (χ1) is 72.3. The highest BCUT2D eigenvalue weighted by molar-refractivity contribution is 6.11. The van der Waals surface area contributed by atoms with Crippen molar-refractivity contribution in [2.45, 2.75) is 0 Å². The number of para-hydroxylation sites is 4. The summed E-state index contributed by atoms with van der Waals surface area (Å²) in [5, 5.41) is 4.91. The Morgan fingerprint density at radius 2 is 0.253 bits per heavy atom. The Morgan fingerprint density at radius 3 is 0.493 bits per heavy atom. The molecule has 6 heteroatoms. The van der Waals surface area contributed by atoms with Crippen molar-refractivity contribution in [1.82, 2.24) is 29.1 Å². The van der Waals surface area contributed by atoms with E-state index in [1.165, 1.54) is 122 Å². The molecular formula is C140H94N6. The zero-order chi connectivity index (χ0) is 97.0. The van der Waals surface area contributed by atoms with Crippen LogP contribution < -0.4 is 0 Å². The molecule has 0 spiro atoms. The van der Waals surface area contributed by atoms with E-state index < -0.39 is 0 Å². The van der Waals surface area contributed by atoms with Gasteiger partial charge in [0.1, 0.15) is 0 Å². The van der Waals surface area contributed by atoms with Gasteiger partial charge in [-0.25, -0.2) is 19.9 Å². The molecule has 0 atom stereocenters. The predicted molar refractivity (Wildman–Crippen MR) is 611 cm³/mol. The number of hydrogen-bond acceptors (Lipinski definition) is 4. The standard InChI is InChI=1S/2C70H47N3/c1-3-17-48(18-4-1)52-21-11-25-56(41-52)57-26-13-23-54(43-57)50-37-39-51(40-38-50)55-24-14-29-60(44-55)66-47-67(61-30-16-32-63(46-61)73-68-35-9-7-33-64(68)65-34-8-10-36-69(65)73)72-70(71-66)62-31-15-28-59(45-62)58-27-12-22-53(42-58)49-19-5-2-6-20-49;1-3-17-48(18-4-1)52-21-11-25-56(41-52)57-26-13-23-54(43-57)50-37-39-51(40-38-50)55-24-14-29-60(44-55)66-47-67(61-30-15-28-59(45-61)58-27-12-22-53(42-58)49-19-5-2-6-20-49)72-70(71-66)62-31-16-32-63(46-62)73-68-35-9-7-33-64(68)65-34-8-10-36-69(65)73/h2*1-47H. The van der Waals surface area contributed by atoms with E-state index in [0.717, 1.165) is 123 Å². The molecule has 146 heavy (non-hydrogen) atoms. The van der Waals surface area contributed by atoms with Crippen LogP contribution in [0.1, 0.15) is 0 Å². The number of fused-ring (bicyclic) bond motifs is 6. The molecule has 4 heterocycles. The Labute approximate surface area is 849 Å². The molecule has 0 aliphatic carbocycles. The van der Waals surface area contributed by atoms with Crippen molar-refractivity contribution >= 4 is 43.6 Å². The summed E-state index contributed by atoms with van der Waals surface area (Å²) in [5.41, 5.74) is 44.2. The summed E-state index contributed by atoms with van der Waals surface area (Å²) in [6.45, 7) is 0. The Balaban J connectivity index is 0.000000152. The quantitative estimate of drug-likeness (QED) is 0.0763. The third kappa shape index (κ3) is 18.1. The van der Waals surface area contributed by atoms with Gasteiger partial charge in [-0.1, -0.05) is 449 Å². The minimum atomic E-state index is 0.662. The predicted octanol–water partition coefficient (Wildman–Crippen LogP) is 37.2. The van der Waals surface area contributed by atoms with Gasteiger partial charge in [-0.2, -0.15) is 0 Å². The highest BCUT2D eigenvalue weighted by Gasteiger charge is 2.22. The fourth-order valence-electron chi connectivity index (χ4n) is 20.6. The fraction of sp³-hybridized carbons (Fsp3) is 0. The summed E-state index contributed by atoms with van der Waals surface area (Å²) in [4.78, 5) is 21.6. The van der Waals surface area contributed by atoms with Gasteiger partial charge in [-0.05, 0) is 255 Å². The minimum Gasteiger partial charge on any atom is -0.309 e. The first kappa shape index (κ1) is 88.1. The third-order valence-corrected chi connectivity index (χ3v) is 28.0. The van der Waals surface area contributed by atoms with Crippen molar-refractivity contribution in [3.05, 3.63) is 570 Å². The zero-order valence-electron chi connectivity index (χ0n) is 80.0. The van der Waals surface area contributed by atoms with E-state index in [2.05, 4.69) is 579 Å². The van der Waals surface area contributed by atoms with Gasteiger partial charge in [0.25, 0.3) is 0 Å². The van der Waals surface area contributed by atoms with Crippen LogP contribution in [0.2, 0.25) is 0 Å². The van der Waals surface area contributed by atoms with Crippen molar-refractivity contribution in [1.29, 1.82) is 0 Å². The second kappa shape index (κ2) is 39.4. The van der Waals surface area contributed by atoms with Crippen molar-refractivity contribution in [2.24, 2.45) is 0 Å². The molecule has 684 valence electrons. The monoisotopic (exact) mass is 1860 g/mol. The molecule has 26 rings (SSSR count). The average Bonchev–Trinajstić information content (AvgIpc) is 1.61. The summed E-state index contributed by atoms with van der Waals surface area (Å²) < 4.78 is 4.71. The lowest BCUT2D eigenvalue weighted by Gasteiger charge is -2.13. The van der Waals surface area contributed by atoms with E-state index in [0.29, 0.717) is 11.6 Å². The van der Waals surface area contributed by atoms with Gasteiger partial charge < -0.3 is 9.13 Å². The highest BCUT2D eigenvalue weighted by atomic mass is 15.0. The Bertz CT molecular complexity index is 8700. The number of aromatic nitrogens is 6. The molecule has 0 radical (unpaired) electrons. The molecule has 0 saturated heterocycles. The highest BCUT2D eigenvalue weighted by Crippen LogP contribution is 2.43. The normalized spacial score (nSPS) is 11.3. The smallest absolute Gasteiger partial charge is 0.160 e. The summed E-state index contributed by atoms with van der Waals surface area (Å²) in [6, 6.07) is 204. The molecule has 0 amide bonds. The topological polar surface area (TPSA) is 61.4 Å². The second-order valence-corrected chi connectivity index (χ2v) is 37.2.